The molecule has 0 aliphatic heterocycles. The SMILES string of the molecule is COc1cc(C(C)=O)ccc1OCCCC(=O)N(C)CCOc1ccccc1OC. The van der Waals surface area contributed by atoms with Crippen LogP contribution >= 0.6 is 0 Å². The van der Waals surface area contributed by atoms with E-state index in [0.717, 1.165) is 0 Å². The average Bonchev–Trinajstić information content (AvgIpc) is 2.76. The molecule has 0 unspecified atom stereocenters. The van der Waals surface area contributed by atoms with Gasteiger partial charge in [-0.1, -0.05) is 12.1 Å². The third-order valence-electron chi connectivity index (χ3n) is 4.54. The summed E-state index contributed by atoms with van der Waals surface area (Å²) in [4.78, 5) is 25.4. The highest BCUT2D eigenvalue weighted by atomic mass is 16.5. The number of ether oxygens (including phenoxy) is 4. The summed E-state index contributed by atoms with van der Waals surface area (Å²) in [6.45, 7) is 2.71. The fourth-order valence-corrected chi connectivity index (χ4v) is 2.76. The van der Waals surface area contributed by atoms with E-state index in [-0.39, 0.29) is 11.7 Å². The van der Waals surface area contributed by atoms with Crippen molar-refractivity contribution >= 4 is 11.7 Å². The first kappa shape index (κ1) is 23.1. The van der Waals surface area contributed by atoms with E-state index in [1.165, 1.54) is 14.0 Å². The molecule has 0 heterocycles. The zero-order valence-corrected chi connectivity index (χ0v) is 18.0. The lowest BCUT2D eigenvalue weighted by atomic mass is 10.1. The Hall–Kier alpha value is -3.22. The van der Waals surface area contributed by atoms with Crippen LogP contribution in [0.1, 0.15) is 30.1 Å². The predicted octanol–water partition coefficient (Wildman–Crippen LogP) is 3.60. The van der Waals surface area contributed by atoms with Crippen molar-refractivity contribution < 1.29 is 28.5 Å². The minimum Gasteiger partial charge on any atom is -0.493 e. The Morgan fingerprint density at radius 3 is 2.17 bits per heavy atom. The topological polar surface area (TPSA) is 74.3 Å². The fourth-order valence-electron chi connectivity index (χ4n) is 2.76. The number of hydrogen-bond acceptors (Lipinski definition) is 6. The standard InChI is InChI=1S/C23H29NO6/c1-17(25)18-11-12-21(22(16-18)28-4)29-14-7-10-23(26)24(2)13-15-30-20-9-6-5-8-19(20)27-3/h5-6,8-9,11-12,16H,7,10,13-15H2,1-4H3. The molecule has 0 saturated carbocycles. The highest BCUT2D eigenvalue weighted by molar-refractivity contribution is 5.94. The van der Waals surface area contributed by atoms with Crippen LogP contribution in [-0.4, -0.2) is 57.6 Å². The molecule has 2 aromatic carbocycles. The van der Waals surface area contributed by atoms with E-state index in [1.54, 1.807) is 37.3 Å². The van der Waals surface area contributed by atoms with E-state index in [1.807, 2.05) is 24.3 Å². The molecule has 162 valence electrons. The molecule has 2 rings (SSSR count). The quantitative estimate of drug-likeness (QED) is 0.390. The van der Waals surface area contributed by atoms with Crippen molar-refractivity contribution in [2.75, 3.05) is 41.0 Å². The maximum absolute atomic E-state index is 12.3. The second-order valence-electron chi connectivity index (χ2n) is 6.69. The molecule has 7 heteroatoms. The molecule has 0 aliphatic carbocycles. The molecule has 0 radical (unpaired) electrons. The Labute approximate surface area is 177 Å². The molecule has 30 heavy (non-hydrogen) atoms. The number of para-hydroxylation sites is 2. The maximum atomic E-state index is 12.3. The van der Waals surface area contributed by atoms with Crippen LogP contribution in [0, 0.1) is 0 Å². The van der Waals surface area contributed by atoms with Gasteiger partial charge in [0.15, 0.2) is 28.8 Å². The van der Waals surface area contributed by atoms with Gasteiger partial charge in [-0.25, -0.2) is 0 Å². The van der Waals surface area contributed by atoms with Gasteiger partial charge in [-0.3, -0.25) is 9.59 Å². The third kappa shape index (κ3) is 6.69. The van der Waals surface area contributed by atoms with E-state index in [9.17, 15) is 9.59 Å². The van der Waals surface area contributed by atoms with Gasteiger partial charge in [-0.05, 0) is 43.7 Å². The number of carbonyl (C=O) groups excluding carboxylic acids is 2. The lowest BCUT2D eigenvalue weighted by Gasteiger charge is -2.18. The van der Waals surface area contributed by atoms with Gasteiger partial charge in [0.25, 0.3) is 0 Å². The van der Waals surface area contributed by atoms with Crippen molar-refractivity contribution in [1.29, 1.82) is 0 Å². The Bertz CT molecular complexity index is 851. The first-order chi connectivity index (χ1) is 14.5. The summed E-state index contributed by atoms with van der Waals surface area (Å²) >= 11 is 0. The Kier molecular flexibility index (Phi) is 9.00. The number of likely N-dealkylation sites (N-methyl/N-ethyl adjacent to an activating group) is 1. The number of rotatable bonds is 12. The monoisotopic (exact) mass is 415 g/mol. The van der Waals surface area contributed by atoms with Gasteiger partial charge in [0.05, 0.1) is 27.4 Å². The molecule has 7 nitrogen and oxygen atoms in total. The Morgan fingerprint density at radius 1 is 0.867 bits per heavy atom. The molecule has 1 amide bonds. The molecule has 0 N–H and O–H groups in total. The van der Waals surface area contributed by atoms with Gasteiger partial charge in [0.2, 0.25) is 5.91 Å². The lowest BCUT2D eigenvalue weighted by molar-refractivity contribution is -0.130. The molecule has 0 aliphatic rings. The zero-order valence-electron chi connectivity index (χ0n) is 18.0. The second-order valence-corrected chi connectivity index (χ2v) is 6.69. The summed E-state index contributed by atoms with van der Waals surface area (Å²) in [7, 11) is 4.86. The average molecular weight is 415 g/mol. The minimum absolute atomic E-state index is 0.0149. The molecular weight excluding hydrogens is 386 g/mol. The predicted molar refractivity (Wildman–Crippen MR) is 114 cm³/mol. The summed E-state index contributed by atoms with van der Waals surface area (Å²) in [5, 5.41) is 0. The maximum Gasteiger partial charge on any atom is 0.222 e. The van der Waals surface area contributed by atoms with Gasteiger partial charge in [-0.15, -0.1) is 0 Å². The van der Waals surface area contributed by atoms with Gasteiger partial charge < -0.3 is 23.8 Å². The molecular formula is C23H29NO6. The molecule has 2 aromatic rings. The second kappa shape index (κ2) is 11.7. The molecule has 0 atom stereocenters. The van der Waals surface area contributed by atoms with Crippen molar-refractivity contribution in [1.82, 2.24) is 4.90 Å². The highest BCUT2D eigenvalue weighted by Crippen LogP contribution is 2.28. The van der Waals surface area contributed by atoms with E-state index in [0.29, 0.717) is 61.2 Å². The molecule has 0 fully saturated rings. The highest BCUT2D eigenvalue weighted by Gasteiger charge is 2.11. The van der Waals surface area contributed by atoms with Gasteiger partial charge in [0.1, 0.15) is 6.61 Å². The van der Waals surface area contributed by atoms with E-state index in [4.69, 9.17) is 18.9 Å². The summed E-state index contributed by atoms with van der Waals surface area (Å²) < 4.78 is 21.9. The van der Waals surface area contributed by atoms with Crippen LogP contribution in [-0.2, 0) is 4.79 Å². The van der Waals surface area contributed by atoms with Crippen LogP contribution in [0.15, 0.2) is 42.5 Å². The van der Waals surface area contributed by atoms with Gasteiger partial charge >= 0.3 is 0 Å². The van der Waals surface area contributed by atoms with Crippen LogP contribution in [0.3, 0.4) is 0 Å². The Morgan fingerprint density at radius 2 is 1.50 bits per heavy atom. The number of nitrogens with zero attached hydrogens (tertiary/aromatic N) is 1. The van der Waals surface area contributed by atoms with Crippen LogP contribution in [0.25, 0.3) is 0 Å². The first-order valence-electron chi connectivity index (χ1n) is 9.77. The molecule has 0 saturated heterocycles. The van der Waals surface area contributed by atoms with Crippen molar-refractivity contribution in [3.05, 3.63) is 48.0 Å². The van der Waals surface area contributed by atoms with E-state index >= 15 is 0 Å². The lowest BCUT2D eigenvalue weighted by Crippen LogP contribution is -2.31. The normalized spacial score (nSPS) is 10.3. The van der Waals surface area contributed by atoms with Crippen LogP contribution < -0.4 is 18.9 Å². The number of Topliss-reactive ketones (excluding diaryl/α,β-unsaturated/α-hetero) is 1. The van der Waals surface area contributed by atoms with Crippen molar-refractivity contribution in [3.8, 4) is 23.0 Å². The number of benzene rings is 2. The van der Waals surface area contributed by atoms with E-state index < -0.39 is 0 Å². The molecule has 0 bridgehead atoms. The zero-order chi connectivity index (χ0) is 21.9. The number of amides is 1. The summed E-state index contributed by atoms with van der Waals surface area (Å²) in [5.74, 6) is 2.34. The van der Waals surface area contributed by atoms with Crippen molar-refractivity contribution in [2.45, 2.75) is 19.8 Å². The molecule has 0 spiro atoms. The largest absolute Gasteiger partial charge is 0.493 e. The number of ketones is 1. The van der Waals surface area contributed by atoms with Gasteiger partial charge in [-0.2, -0.15) is 0 Å². The van der Waals surface area contributed by atoms with Crippen molar-refractivity contribution in [2.24, 2.45) is 0 Å². The number of carbonyl (C=O) groups is 2. The summed E-state index contributed by atoms with van der Waals surface area (Å²) in [5.41, 5.74) is 0.561. The van der Waals surface area contributed by atoms with Crippen LogP contribution in [0.5, 0.6) is 23.0 Å². The minimum atomic E-state index is -0.0387. The summed E-state index contributed by atoms with van der Waals surface area (Å²) in [6.07, 6.45) is 0.924. The summed E-state index contributed by atoms with van der Waals surface area (Å²) in [6, 6.07) is 12.5. The van der Waals surface area contributed by atoms with E-state index in [2.05, 4.69) is 0 Å². The number of hydrogen-bond donors (Lipinski definition) is 0. The third-order valence-corrected chi connectivity index (χ3v) is 4.54. The van der Waals surface area contributed by atoms with Crippen molar-refractivity contribution in [3.63, 3.8) is 0 Å². The molecule has 0 aromatic heterocycles. The fraction of sp³-hybridized carbons (Fsp3) is 0.391. The van der Waals surface area contributed by atoms with Crippen LogP contribution in [0.2, 0.25) is 0 Å². The number of methoxy groups -OCH3 is 2. The Balaban J connectivity index is 1.72. The van der Waals surface area contributed by atoms with Crippen LogP contribution in [0.4, 0.5) is 0 Å². The smallest absolute Gasteiger partial charge is 0.222 e. The first-order valence-corrected chi connectivity index (χ1v) is 9.77. The van der Waals surface area contributed by atoms with Gasteiger partial charge in [0, 0.05) is 19.0 Å².